The number of aromatic nitrogens is 4. The van der Waals surface area contributed by atoms with Crippen LogP contribution >= 0.6 is 0 Å². The molecule has 0 unspecified atom stereocenters. The minimum atomic E-state index is -1.74. The van der Waals surface area contributed by atoms with Gasteiger partial charge in [0.05, 0.1) is 18.8 Å². The van der Waals surface area contributed by atoms with Gasteiger partial charge < -0.3 is 25.4 Å². The lowest BCUT2D eigenvalue weighted by atomic mass is 9.89. The second-order valence-electron chi connectivity index (χ2n) is 10.7. The number of aliphatic hydroxyl groups is 1. The van der Waals surface area contributed by atoms with Crippen LogP contribution in [0, 0.1) is 0 Å². The van der Waals surface area contributed by atoms with Crippen LogP contribution in [0.3, 0.4) is 0 Å². The predicted molar refractivity (Wildman–Crippen MR) is 143 cm³/mol. The average Bonchev–Trinajstić information content (AvgIpc) is 2.86. The van der Waals surface area contributed by atoms with Crippen LogP contribution in [0.2, 0.25) is 0 Å². The van der Waals surface area contributed by atoms with E-state index in [2.05, 4.69) is 44.4 Å². The van der Waals surface area contributed by atoms with Gasteiger partial charge in [-0.2, -0.15) is 4.98 Å². The SMILES string of the molecule is CO[C@H]1C[C@H](NC(=O)c2ncc(C(C)C)c3cc(Nc4ccnc(N5CC[C@@H](O)[C@@](C)(F)C5)n4)ncc23)C1. The normalized spacial score (nSPS) is 25.3. The lowest BCUT2D eigenvalue weighted by molar-refractivity contribution is -0.00860. The number of nitrogens with zero attached hydrogens (tertiary/aromatic N) is 5. The Bertz CT molecular complexity index is 1330. The number of hydrogen-bond donors (Lipinski definition) is 3. The zero-order valence-electron chi connectivity index (χ0n) is 22.1. The molecule has 5 rings (SSSR count). The van der Waals surface area contributed by atoms with E-state index in [4.69, 9.17) is 4.74 Å². The number of nitrogens with one attached hydrogen (secondary N) is 2. The molecular weight excluding hydrogens is 489 g/mol. The number of rotatable bonds is 7. The van der Waals surface area contributed by atoms with Crippen LogP contribution in [0.25, 0.3) is 10.8 Å². The van der Waals surface area contributed by atoms with Crippen LogP contribution in [0.15, 0.2) is 30.7 Å². The minimum Gasteiger partial charge on any atom is -0.390 e. The molecule has 0 bridgehead atoms. The van der Waals surface area contributed by atoms with Gasteiger partial charge in [-0.05, 0) is 55.2 Å². The average molecular weight is 524 g/mol. The molecule has 0 aromatic carbocycles. The molecule has 3 N–H and O–H groups in total. The highest BCUT2D eigenvalue weighted by Crippen LogP contribution is 2.31. The number of methoxy groups -OCH3 is 1. The third-order valence-electron chi connectivity index (χ3n) is 7.45. The summed E-state index contributed by atoms with van der Waals surface area (Å²) in [6, 6.07) is 3.68. The number of alkyl halides is 1. The number of carbonyl (C=O) groups is 1. The van der Waals surface area contributed by atoms with Crippen LogP contribution in [-0.2, 0) is 4.74 Å². The molecule has 11 heteroatoms. The van der Waals surface area contributed by atoms with Crippen molar-refractivity contribution >= 4 is 34.3 Å². The van der Waals surface area contributed by atoms with Crippen molar-refractivity contribution in [2.45, 2.75) is 69.9 Å². The smallest absolute Gasteiger partial charge is 0.270 e. The summed E-state index contributed by atoms with van der Waals surface area (Å²) in [5.41, 5.74) is -0.391. The first kappa shape index (κ1) is 26.2. The number of anilines is 3. The summed E-state index contributed by atoms with van der Waals surface area (Å²) < 4.78 is 20.0. The van der Waals surface area contributed by atoms with E-state index in [9.17, 15) is 14.3 Å². The summed E-state index contributed by atoms with van der Waals surface area (Å²) in [5, 5.41) is 17.8. The number of ether oxygens (including phenoxy) is 1. The molecule has 4 heterocycles. The summed E-state index contributed by atoms with van der Waals surface area (Å²) in [5.74, 6) is 1.39. The van der Waals surface area contributed by atoms with Gasteiger partial charge in [0.25, 0.3) is 5.91 Å². The number of amides is 1. The number of halogens is 1. The third kappa shape index (κ3) is 5.25. The Morgan fingerprint density at radius 1 is 1.21 bits per heavy atom. The molecular formula is C27H34FN7O3. The summed E-state index contributed by atoms with van der Waals surface area (Å²) in [6.07, 6.45) is 6.09. The maximum atomic E-state index is 14.7. The molecule has 10 nitrogen and oxygen atoms in total. The van der Waals surface area contributed by atoms with Gasteiger partial charge in [0.15, 0.2) is 5.67 Å². The molecule has 38 heavy (non-hydrogen) atoms. The monoisotopic (exact) mass is 523 g/mol. The van der Waals surface area contributed by atoms with Crippen molar-refractivity contribution in [3.63, 3.8) is 0 Å². The Labute approximate surface area is 221 Å². The number of fused-ring (bicyclic) bond motifs is 1. The second-order valence-corrected chi connectivity index (χ2v) is 10.7. The Morgan fingerprint density at radius 2 is 2.00 bits per heavy atom. The first-order valence-corrected chi connectivity index (χ1v) is 13.0. The zero-order chi connectivity index (χ0) is 27.0. The van der Waals surface area contributed by atoms with E-state index in [-0.39, 0.29) is 30.5 Å². The molecule has 1 aliphatic carbocycles. The summed E-state index contributed by atoms with van der Waals surface area (Å²) in [4.78, 5) is 32.7. The van der Waals surface area contributed by atoms with E-state index >= 15 is 0 Å². The molecule has 202 valence electrons. The van der Waals surface area contributed by atoms with E-state index in [0.717, 1.165) is 23.8 Å². The van der Waals surface area contributed by atoms with Crippen molar-refractivity contribution in [2.24, 2.45) is 0 Å². The number of hydrogen-bond acceptors (Lipinski definition) is 9. The van der Waals surface area contributed by atoms with Gasteiger partial charge in [-0.1, -0.05) is 13.8 Å². The second kappa shape index (κ2) is 10.4. The molecule has 2 aliphatic rings. The lowest BCUT2D eigenvalue weighted by Gasteiger charge is -2.38. The van der Waals surface area contributed by atoms with Crippen molar-refractivity contribution in [1.29, 1.82) is 0 Å². The number of carbonyl (C=O) groups excluding carboxylic acids is 1. The van der Waals surface area contributed by atoms with E-state index in [1.54, 1.807) is 36.7 Å². The van der Waals surface area contributed by atoms with Gasteiger partial charge >= 0.3 is 0 Å². The predicted octanol–water partition coefficient (Wildman–Crippen LogP) is 3.49. The minimum absolute atomic E-state index is 0.00835. The topological polar surface area (TPSA) is 125 Å². The lowest BCUT2D eigenvalue weighted by Crippen LogP contribution is -2.52. The van der Waals surface area contributed by atoms with Crippen molar-refractivity contribution < 1.29 is 19.0 Å². The fourth-order valence-electron chi connectivity index (χ4n) is 5.00. The molecule has 2 fully saturated rings. The zero-order valence-corrected chi connectivity index (χ0v) is 22.1. The molecule has 0 spiro atoms. The molecule has 1 aliphatic heterocycles. The van der Waals surface area contributed by atoms with Gasteiger partial charge in [0.2, 0.25) is 5.95 Å². The Kier molecular flexibility index (Phi) is 7.15. The largest absolute Gasteiger partial charge is 0.390 e. The summed E-state index contributed by atoms with van der Waals surface area (Å²) >= 11 is 0. The maximum Gasteiger partial charge on any atom is 0.270 e. The molecule has 1 saturated heterocycles. The molecule has 0 radical (unpaired) electrons. The quantitative estimate of drug-likeness (QED) is 0.427. The fourth-order valence-corrected chi connectivity index (χ4v) is 5.00. The van der Waals surface area contributed by atoms with Crippen LogP contribution < -0.4 is 15.5 Å². The highest BCUT2D eigenvalue weighted by Gasteiger charge is 2.39. The van der Waals surface area contributed by atoms with Crippen molar-refractivity contribution in [2.75, 3.05) is 30.4 Å². The maximum absolute atomic E-state index is 14.7. The molecule has 1 amide bonds. The Balaban J connectivity index is 1.39. The van der Waals surface area contributed by atoms with E-state index in [1.165, 1.54) is 6.92 Å². The van der Waals surface area contributed by atoms with Gasteiger partial charge in [-0.3, -0.25) is 9.78 Å². The van der Waals surface area contributed by atoms with E-state index in [0.29, 0.717) is 41.6 Å². The standard InChI is InChI=1S/C27H34FN7O3/c1-15(2)19-12-31-24(25(37)32-16-9-17(10-16)38-4)20-13-30-23(11-18(19)20)33-22-5-7-29-26(34-22)35-8-6-21(36)27(3,28)14-35/h5,7,11-13,15-17,21,36H,6,8-10,14H2,1-4H3,(H,32,37)(H,29,30,33,34)/t16-,17-,21-,27+/m1/s1. The van der Waals surface area contributed by atoms with Crippen LogP contribution in [0.5, 0.6) is 0 Å². The van der Waals surface area contributed by atoms with Crippen LogP contribution in [-0.4, -0.2) is 75.1 Å². The van der Waals surface area contributed by atoms with Gasteiger partial charge in [0.1, 0.15) is 17.3 Å². The van der Waals surface area contributed by atoms with Crippen LogP contribution in [0.1, 0.15) is 62.0 Å². The van der Waals surface area contributed by atoms with Gasteiger partial charge in [-0.15, -0.1) is 0 Å². The Morgan fingerprint density at radius 3 is 2.71 bits per heavy atom. The highest BCUT2D eigenvalue weighted by atomic mass is 19.1. The molecule has 1 saturated carbocycles. The van der Waals surface area contributed by atoms with Crippen molar-refractivity contribution in [3.8, 4) is 0 Å². The summed E-state index contributed by atoms with van der Waals surface area (Å²) in [6.45, 7) is 6.01. The first-order valence-electron chi connectivity index (χ1n) is 13.0. The highest BCUT2D eigenvalue weighted by molar-refractivity contribution is 6.06. The molecule has 3 aromatic heterocycles. The number of aliphatic hydroxyl groups excluding tert-OH is 1. The van der Waals surface area contributed by atoms with E-state index in [1.807, 2.05) is 6.07 Å². The van der Waals surface area contributed by atoms with Gasteiger partial charge in [0, 0.05) is 43.7 Å². The summed E-state index contributed by atoms with van der Waals surface area (Å²) in [7, 11) is 1.68. The van der Waals surface area contributed by atoms with Gasteiger partial charge in [-0.25, -0.2) is 14.4 Å². The first-order chi connectivity index (χ1) is 18.1. The number of pyridine rings is 2. The third-order valence-corrected chi connectivity index (χ3v) is 7.45. The Hall–Kier alpha value is -3.44. The molecule has 3 aromatic rings. The van der Waals surface area contributed by atoms with Crippen LogP contribution in [0.4, 0.5) is 22.0 Å². The fraction of sp³-hybridized carbons (Fsp3) is 0.519. The van der Waals surface area contributed by atoms with Crippen molar-refractivity contribution in [1.82, 2.24) is 25.3 Å². The number of piperidine rings is 1. The van der Waals surface area contributed by atoms with Crippen molar-refractivity contribution in [3.05, 3.63) is 42.0 Å². The van der Waals surface area contributed by atoms with E-state index < -0.39 is 11.8 Å². The molecule has 2 atom stereocenters.